The lowest BCUT2D eigenvalue weighted by molar-refractivity contribution is 0.0693. The minimum absolute atomic E-state index is 0.371. The Morgan fingerprint density at radius 2 is 2.22 bits per heavy atom. The van der Waals surface area contributed by atoms with Gasteiger partial charge in [0.1, 0.15) is 0 Å². The summed E-state index contributed by atoms with van der Waals surface area (Å²) in [6, 6.07) is 5.53. The van der Waals surface area contributed by atoms with E-state index in [1.54, 1.807) is 6.07 Å². The van der Waals surface area contributed by atoms with Gasteiger partial charge >= 0.3 is 5.97 Å². The molecule has 2 rings (SSSR count). The lowest BCUT2D eigenvalue weighted by Crippen LogP contribution is -1.99. The van der Waals surface area contributed by atoms with E-state index in [9.17, 15) is 9.90 Å². The first-order valence-electron chi connectivity index (χ1n) is 5.64. The first-order chi connectivity index (χ1) is 8.56. The highest BCUT2D eigenvalue weighted by Crippen LogP contribution is 2.35. The van der Waals surface area contributed by atoms with E-state index in [4.69, 9.17) is 0 Å². The number of carbonyl (C=O) groups is 1. The fraction of sp³-hybridized carbons (Fsp3) is 0.214. The Kier molecular flexibility index (Phi) is 4.30. The summed E-state index contributed by atoms with van der Waals surface area (Å²) in [5.74, 6) is -0.874. The molecule has 0 saturated heterocycles. The van der Waals surface area contributed by atoms with Gasteiger partial charge in [0.05, 0.1) is 5.56 Å². The standard InChI is InChI=1S/C14H13BrO2S/c1-9-5-6-13(12(7-9)14(16)17)18-11-4-2-3-10(15)8-11/h4-8H,2-3H2,1H3,(H,16,17). The molecule has 1 aromatic carbocycles. The van der Waals surface area contributed by atoms with Crippen LogP contribution in [0.4, 0.5) is 0 Å². The minimum Gasteiger partial charge on any atom is -0.478 e. The fourth-order valence-electron chi connectivity index (χ4n) is 1.74. The average Bonchev–Trinajstić information content (AvgIpc) is 2.31. The molecule has 0 radical (unpaired) electrons. The Morgan fingerprint density at radius 3 is 2.89 bits per heavy atom. The molecule has 0 unspecified atom stereocenters. The number of hydrogen-bond acceptors (Lipinski definition) is 2. The zero-order valence-electron chi connectivity index (χ0n) is 9.94. The second-order valence-electron chi connectivity index (χ2n) is 4.14. The van der Waals surface area contributed by atoms with Crippen molar-refractivity contribution in [2.24, 2.45) is 0 Å². The van der Waals surface area contributed by atoms with Crippen molar-refractivity contribution in [3.05, 3.63) is 50.9 Å². The lowest BCUT2D eigenvalue weighted by atomic mass is 10.1. The van der Waals surface area contributed by atoms with Crippen LogP contribution in [-0.4, -0.2) is 11.1 Å². The largest absolute Gasteiger partial charge is 0.478 e. The molecule has 1 aromatic rings. The molecule has 0 atom stereocenters. The van der Waals surface area contributed by atoms with Crippen LogP contribution in [-0.2, 0) is 0 Å². The SMILES string of the molecule is Cc1ccc(SC2=CCCC(Br)=C2)c(C(=O)O)c1. The maximum Gasteiger partial charge on any atom is 0.336 e. The van der Waals surface area contributed by atoms with E-state index in [-0.39, 0.29) is 0 Å². The number of carboxylic acid groups (broad SMARTS) is 1. The first-order valence-corrected chi connectivity index (χ1v) is 7.25. The van der Waals surface area contributed by atoms with E-state index in [0.717, 1.165) is 32.7 Å². The second-order valence-corrected chi connectivity index (χ2v) is 6.28. The van der Waals surface area contributed by atoms with Crippen LogP contribution >= 0.6 is 27.7 Å². The third-order valence-corrected chi connectivity index (χ3v) is 4.34. The van der Waals surface area contributed by atoms with Gasteiger partial charge in [-0.25, -0.2) is 4.79 Å². The number of thioether (sulfide) groups is 1. The summed E-state index contributed by atoms with van der Waals surface area (Å²) in [5.41, 5.74) is 1.34. The Hall–Kier alpha value is -1.00. The summed E-state index contributed by atoms with van der Waals surface area (Å²) in [7, 11) is 0. The number of benzene rings is 1. The fourth-order valence-corrected chi connectivity index (χ4v) is 3.41. The summed E-state index contributed by atoms with van der Waals surface area (Å²) in [6.07, 6.45) is 6.21. The van der Waals surface area contributed by atoms with Crippen molar-refractivity contribution in [1.29, 1.82) is 0 Å². The van der Waals surface area contributed by atoms with Gasteiger partial charge in [0.15, 0.2) is 0 Å². The van der Waals surface area contributed by atoms with E-state index >= 15 is 0 Å². The predicted octanol–water partition coefficient (Wildman–Crippen LogP) is 4.74. The summed E-state index contributed by atoms with van der Waals surface area (Å²) in [5, 5.41) is 9.21. The smallest absolute Gasteiger partial charge is 0.336 e. The molecule has 0 fully saturated rings. The maximum absolute atomic E-state index is 11.2. The van der Waals surface area contributed by atoms with Crippen molar-refractivity contribution in [3.63, 3.8) is 0 Å². The molecule has 2 nitrogen and oxygen atoms in total. The number of rotatable bonds is 3. The number of halogens is 1. The highest BCUT2D eigenvalue weighted by molar-refractivity contribution is 9.11. The molecule has 18 heavy (non-hydrogen) atoms. The molecule has 0 heterocycles. The Labute approximate surface area is 119 Å². The third kappa shape index (κ3) is 3.27. The van der Waals surface area contributed by atoms with Gasteiger partial charge in [-0.1, -0.05) is 45.4 Å². The van der Waals surface area contributed by atoms with Crippen molar-refractivity contribution >= 4 is 33.7 Å². The highest BCUT2D eigenvalue weighted by Gasteiger charge is 2.13. The van der Waals surface area contributed by atoms with Gasteiger partial charge in [-0.05, 0) is 42.5 Å². The summed E-state index contributed by atoms with van der Waals surface area (Å²) in [6.45, 7) is 1.90. The van der Waals surface area contributed by atoms with Gasteiger partial charge in [-0.2, -0.15) is 0 Å². The molecule has 0 bridgehead atoms. The van der Waals surface area contributed by atoms with E-state index in [1.807, 2.05) is 19.1 Å². The Balaban J connectivity index is 2.29. The van der Waals surface area contributed by atoms with Crippen LogP contribution in [0.2, 0.25) is 0 Å². The van der Waals surface area contributed by atoms with Crippen LogP contribution in [0.5, 0.6) is 0 Å². The van der Waals surface area contributed by atoms with Crippen molar-refractivity contribution in [2.45, 2.75) is 24.7 Å². The van der Waals surface area contributed by atoms with E-state index in [1.165, 1.54) is 11.8 Å². The van der Waals surface area contributed by atoms with E-state index < -0.39 is 5.97 Å². The highest BCUT2D eigenvalue weighted by atomic mass is 79.9. The molecule has 0 aliphatic heterocycles. The van der Waals surface area contributed by atoms with Gasteiger partial charge in [0.25, 0.3) is 0 Å². The number of aryl methyl sites for hydroxylation is 1. The zero-order valence-corrected chi connectivity index (χ0v) is 12.3. The summed E-state index contributed by atoms with van der Waals surface area (Å²) >= 11 is 5.00. The van der Waals surface area contributed by atoms with Gasteiger partial charge in [-0.3, -0.25) is 0 Å². The molecule has 0 spiro atoms. The molecule has 0 aromatic heterocycles. The van der Waals surface area contributed by atoms with E-state index in [2.05, 4.69) is 28.1 Å². The summed E-state index contributed by atoms with van der Waals surface area (Å²) in [4.78, 5) is 13.1. The lowest BCUT2D eigenvalue weighted by Gasteiger charge is -2.11. The van der Waals surface area contributed by atoms with Gasteiger partial charge in [0.2, 0.25) is 0 Å². The third-order valence-electron chi connectivity index (χ3n) is 2.62. The van der Waals surface area contributed by atoms with Crippen LogP contribution < -0.4 is 0 Å². The maximum atomic E-state index is 11.2. The second kappa shape index (κ2) is 5.76. The van der Waals surface area contributed by atoms with Gasteiger partial charge in [0, 0.05) is 9.80 Å². The number of carboxylic acids is 1. The van der Waals surface area contributed by atoms with Crippen LogP contribution in [0.25, 0.3) is 0 Å². The van der Waals surface area contributed by atoms with Gasteiger partial charge < -0.3 is 5.11 Å². The molecule has 0 amide bonds. The molecular formula is C14H13BrO2S. The van der Waals surface area contributed by atoms with E-state index in [0.29, 0.717) is 5.56 Å². The van der Waals surface area contributed by atoms with Crippen LogP contribution in [0, 0.1) is 6.92 Å². The molecule has 0 saturated carbocycles. The zero-order chi connectivity index (χ0) is 13.1. The topological polar surface area (TPSA) is 37.3 Å². The average molecular weight is 325 g/mol. The quantitative estimate of drug-likeness (QED) is 0.872. The minimum atomic E-state index is -0.874. The Morgan fingerprint density at radius 1 is 1.44 bits per heavy atom. The molecule has 1 N–H and O–H groups in total. The van der Waals surface area contributed by atoms with Crippen LogP contribution in [0.1, 0.15) is 28.8 Å². The number of allylic oxidation sites excluding steroid dienone is 3. The molecule has 4 heteroatoms. The molecule has 1 aliphatic rings. The predicted molar refractivity (Wildman–Crippen MR) is 78.3 cm³/mol. The van der Waals surface area contributed by atoms with Gasteiger partial charge in [-0.15, -0.1) is 0 Å². The number of aromatic carboxylic acids is 1. The first kappa shape index (κ1) is 13.4. The van der Waals surface area contributed by atoms with Crippen molar-refractivity contribution in [2.75, 3.05) is 0 Å². The van der Waals surface area contributed by atoms with Crippen LogP contribution in [0.3, 0.4) is 0 Å². The number of hydrogen-bond donors (Lipinski definition) is 1. The van der Waals surface area contributed by atoms with Crippen molar-refractivity contribution < 1.29 is 9.90 Å². The summed E-state index contributed by atoms with van der Waals surface area (Å²) < 4.78 is 1.16. The normalized spacial score (nSPS) is 15.0. The van der Waals surface area contributed by atoms with Crippen molar-refractivity contribution in [1.82, 2.24) is 0 Å². The molecular weight excluding hydrogens is 312 g/mol. The monoisotopic (exact) mass is 324 g/mol. The molecule has 1 aliphatic carbocycles. The van der Waals surface area contributed by atoms with Crippen LogP contribution in [0.15, 0.2) is 44.6 Å². The molecule has 94 valence electrons. The van der Waals surface area contributed by atoms with Crippen molar-refractivity contribution in [3.8, 4) is 0 Å². The Bertz CT molecular complexity index is 547.